The molecule has 0 amide bonds. The van der Waals surface area contributed by atoms with Crippen molar-refractivity contribution in [2.45, 2.75) is 13.0 Å². The van der Waals surface area contributed by atoms with Crippen molar-refractivity contribution in [3.05, 3.63) is 55.7 Å². The number of hydrogen-bond donors (Lipinski definition) is 3. The molecule has 132 valence electrons. The predicted octanol–water partition coefficient (Wildman–Crippen LogP) is 0.919. The Balaban J connectivity index is 2.13. The number of nitrogens with one attached hydrogen (secondary N) is 2. The second-order valence-corrected chi connectivity index (χ2v) is 6.08. The molecule has 25 heavy (non-hydrogen) atoms. The number of hydrogen-bond acceptors (Lipinski definition) is 5. The number of aromatic nitrogens is 4. The number of halogens is 1. The molecule has 2 aromatic heterocycles. The summed E-state index contributed by atoms with van der Waals surface area (Å²) in [7, 11) is 1.55. The molecule has 0 aliphatic carbocycles. The van der Waals surface area contributed by atoms with Crippen molar-refractivity contribution >= 4 is 28.7 Å². The fraction of sp³-hybridized carbons (Fsp3) is 0.312. The zero-order chi connectivity index (χ0) is 18.0. The maximum atomic E-state index is 12.3. The van der Waals surface area contributed by atoms with Gasteiger partial charge in [0.25, 0.3) is 5.56 Å². The van der Waals surface area contributed by atoms with Crippen molar-refractivity contribution in [2.24, 2.45) is 7.05 Å². The van der Waals surface area contributed by atoms with Gasteiger partial charge in [-0.2, -0.15) is 4.98 Å². The average Bonchev–Trinajstić information content (AvgIpc) is 2.94. The zero-order valence-electron chi connectivity index (χ0n) is 13.6. The molecule has 0 aliphatic heterocycles. The molecule has 0 spiro atoms. The first kappa shape index (κ1) is 17.2. The van der Waals surface area contributed by atoms with E-state index in [-0.39, 0.29) is 6.61 Å². The van der Waals surface area contributed by atoms with Gasteiger partial charge in [-0.25, -0.2) is 4.79 Å². The Labute approximate surface area is 147 Å². The number of anilines is 1. The number of aliphatic hydroxyl groups is 1. The van der Waals surface area contributed by atoms with E-state index in [2.05, 4.69) is 15.3 Å². The lowest BCUT2D eigenvalue weighted by atomic mass is 10.2. The molecule has 3 aromatic rings. The van der Waals surface area contributed by atoms with Crippen LogP contribution in [0.1, 0.15) is 12.0 Å². The zero-order valence-corrected chi connectivity index (χ0v) is 14.4. The first-order valence-corrected chi connectivity index (χ1v) is 8.17. The number of nitrogens with zero attached hydrogens (tertiary/aromatic N) is 3. The van der Waals surface area contributed by atoms with Gasteiger partial charge in [-0.1, -0.05) is 23.7 Å². The number of benzene rings is 1. The van der Waals surface area contributed by atoms with E-state index in [4.69, 9.17) is 16.7 Å². The fourth-order valence-corrected chi connectivity index (χ4v) is 2.70. The molecule has 0 atom stereocenters. The van der Waals surface area contributed by atoms with Crippen molar-refractivity contribution < 1.29 is 5.11 Å². The summed E-state index contributed by atoms with van der Waals surface area (Å²) in [5, 5.41) is 12.7. The SMILES string of the molecule is Cn1c(=O)[nH]c(=O)c2c1nc(NCCCO)n2Cc1ccc(Cl)cc1. The Kier molecular flexibility index (Phi) is 4.91. The van der Waals surface area contributed by atoms with Crippen LogP contribution in [0.25, 0.3) is 11.2 Å². The molecular formula is C16H18ClN5O3. The van der Waals surface area contributed by atoms with E-state index in [1.165, 1.54) is 4.57 Å². The van der Waals surface area contributed by atoms with E-state index < -0.39 is 11.2 Å². The standard InChI is InChI=1S/C16H18ClN5O3/c1-21-13-12(14(24)20-16(21)25)22(15(19-13)18-7-2-8-23)9-10-3-5-11(17)6-4-10/h3-6,23H,2,7-9H2,1H3,(H,18,19)(H,20,24,25). The lowest BCUT2D eigenvalue weighted by Crippen LogP contribution is -2.29. The predicted molar refractivity (Wildman–Crippen MR) is 96.3 cm³/mol. The molecule has 0 unspecified atom stereocenters. The smallest absolute Gasteiger partial charge is 0.329 e. The third-order valence-electron chi connectivity index (χ3n) is 3.88. The number of H-pyrrole nitrogens is 1. The molecule has 0 saturated carbocycles. The van der Waals surface area contributed by atoms with Crippen LogP contribution in [-0.2, 0) is 13.6 Å². The van der Waals surface area contributed by atoms with E-state index in [1.54, 1.807) is 23.7 Å². The summed E-state index contributed by atoms with van der Waals surface area (Å²) in [6.07, 6.45) is 0.541. The van der Waals surface area contributed by atoms with Crippen LogP contribution in [0, 0.1) is 0 Å². The van der Waals surface area contributed by atoms with Gasteiger partial charge >= 0.3 is 5.69 Å². The summed E-state index contributed by atoms with van der Waals surface area (Å²) < 4.78 is 3.01. The highest BCUT2D eigenvalue weighted by atomic mass is 35.5. The van der Waals surface area contributed by atoms with Gasteiger partial charge in [-0.15, -0.1) is 0 Å². The minimum atomic E-state index is -0.518. The van der Waals surface area contributed by atoms with E-state index in [9.17, 15) is 9.59 Å². The van der Waals surface area contributed by atoms with Crippen molar-refractivity contribution in [3.8, 4) is 0 Å². The highest BCUT2D eigenvalue weighted by Gasteiger charge is 2.17. The van der Waals surface area contributed by atoms with Gasteiger partial charge < -0.3 is 10.4 Å². The third kappa shape index (κ3) is 3.45. The molecule has 0 saturated heterocycles. The van der Waals surface area contributed by atoms with Crippen LogP contribution >= 0.6 is 11.6 Å². The quantitative estimate of drug-likeness (QED) is 0.565. The fourth-order valence-electron chi connectivity index (χ4n) is 2.58. The lowest BCUT2D eigenvalue weighted by Gasteiger charge is -2.10. The van der Waals surface area contributed by atoms with Gasteiger partial charge in [0.15, 0.2) is 11.2 Å². The number of aryl methyl sites for hydroxylation is 1. The maximum absolute atomic E-state index is 12.3. The summed E-state index contributed by atoms with van der Waals surface area (Å²) in [6, 6.07) is 7.27. The van der Waals surface area contributed by atoms with Crippen LogP contribution in [0.2, 0.25) is 5.02 Å². The van der Waals surface area contributed by atoms with Crippen molar-refractivity contribution in [2.75, 3.05) is 18.5 Å². The molecule has 0 bridgehead atoms. The Hall–Kier alpha value is -2.58. The Morgan fingerprint density at radius 3 is 2.68 bits per heavy atom. The molecule has 0 fully saturated rings. The van der Waals surface area contributed by atoms with Crippen LogP contribution in [-0.4, -0.2) is 37.4 Å². The summed E-state index contributed by atoms with van der Waals surface area (Å²) in [5.74, 6) is 0.463. The topological polar surface area (TPSA) is 105 Å². The first-order valence-electron chi connectivity index (χ1n) is 7.80. The number of fused-ring (bicyclic) bond motifs is 1. The summed E-state index contributed by atoms with van der Waals surface area (Å²) in [6.45, 7) is 0.923. The molecule has 3 N–H and O–H groups in total. The number of imidazole rings is 1. The second kappa shape index (κ2) is 7.12. The summed E-state index contributed by atoms with van der Waals surface area (Å²) in [5.41, 5.74) is 0.533. The number of aliphatic hydroxyl groups excluding tert-OH is 1. The highest BCUT2D eigenvalue weighted by Crippen LogP contribution is 2.18. The van der Waals surface area contributed by atoms with Crippen LogP contribution in [0.5, 0.6) is 0 Å². The van der Waals surface area contributed by atoms with E-state index in [0.717, 1.165) is 5.56 Å². The van der Waals surface area contributed by atoms with Crippen molar-refractivity contribution in [1.82, 2.24) is 19.1 Å². The maximum Gasteiger partial charge on any atom is 0.329 e. The molecule has 2 heterocycles. The van der Waals surface area contributed by atoms with Crippen LogP contribution in [0.15, 0.2) is 33.9 Å². The van der Waals surface area contributed by atoms with E-state index in [0.29, 0.717) is 41.6 Å². The Bertz CT molecular complexity index is 1000. The lowest BCUT2D eigenvalue weighted by molar-refractivity contribution is 0.292. The van der Waals surface area contributed by atoms with Crippen LogP contribution in [0.4, 0.5) is 5.95 Å². The third-order valence-corrected chi connectivity index (χ3v) is 4.13. The summed E-state index contributed by atoms with van der Waals surface area (Å²) in [4.78, 5) is 30.9. The molecule has 0 radical (unpaired) electrons. The molecule has 9 heteroatoms. The average molecular weight is 364 g/mol. The second-order valence-electron chi connectivity index (χ2n) is 5.64. The monoisotopic (exact) mass is 363 g/mol. The molecule has 3 rings (SSSR count). The van der Waals surface area contributed by atoms with Gasteiger partial charge in [0, 0.05) is 25.2 Å². The molecule has 8 nitrogen and oxygen atoms in total. The van der Waals surface area contributed by atoms with Gasteiger partial charge in [0.2, 0.25) is 5.95 Å². The number of rotatable bonds is 6. The highest BCUT2D eigenvalue weighted by molar-refractivity contribution is 6.30. The normalized spacial score (nSPS) is 11.2. The Morgan fingerprint density at radius 1 is 1.28 bits per heavy atom. The largest absolute Gasteiger partial charge is 0.396 e. The van der Waals surface area contributed by atoms with Gasteiger partial charge in [-0.3, -0.25) is 18.9 Å². The minimum Gasteiger partial charge on any atom is -0.396 e. The van der Waals surface area contributed by atoms with E-state index >= 15 is 0 Å². The Morgan fingerprint density at radius 2 is 2.00 bits per heavy atom. The van der Waals surface area contributed by atoms with Crippen molar-refractivity contribution in [3.63, 3.8) is 0 Å². The summed E-state index contributed by atoms with van der Waals surface area (Å²) >= 11 is 5.92. The van der Waals surface area contributed by atoms with Crippen LogP contribution in [0.3, 0.4) is 0 Å². The minimum absolute atomic E-state index is 0.0451. The molecular weight excluding hydrogens is 346 g/mol. The van der Waals surface area contributed by atoms with Gasteiger partial charge in [0.1, 0.15) is 0 Å². The van der Waals surface area contributed by atoms with E-state index in [1.807, 2.05) is 12.1 Å². The molecule has 1 aromatic carbocycles. The first-order chi connectivity index (χ1) is 12.0. The van der Waals surface area contributed by atoms with Crippen molar-refractivity contribution in [1.29, 1.82) is 0 Å². The van der Waals surface area contributed by atoms with Gasteiger partial charge in [0.05, 0.1) is 6.54 Å². The molecule has 0 aliphatic rings. The number of aromatic amines is 1. The van der Waals surface area contributed by atoms with Gasteiger partial charge in [-0.05, 0) is 24.1 Å². The van der Waals surface area contributed by atoms with Crippen LogP contribution < -0.4 is 16.6 Å².